The highest BCUT2D eigenvalue weighted by Crippen LogP contribution is 2.56. The van der Waals surface area contributed by atoms with Crippen LogP contribution in [0, 0.1) is 17.7 Å². The number of nitrogens with one attached hydrogen (secondary N) is 1. The van der Waals surface area contributed by atoms with Gasteiger partial charge >= 0.3 is 0 Å². The van der Waals surface area contributed by atoms with Gasteiger partial charge in [-0.25, -0.2) is 9.29 Å². The fraction of sp³-hybridized carbons (Fsp3) is 0.286. The van der Waals surface area contributed by atoms with E-state index in [2.05, 4.69) is 5.32 Å². The van der Waals surface area contributed by atoms with Gasteiger partial charge in [0.2, 0.25) is 17.7 Å². The standard InChI is InChI=1S/C21H18FN3O4/c1-24-10-14-17(19(27)25(18(14)26)12-5-3-11(22)4-6-12)21(24)15-9-13(29-2)7-8-16(15)23-20(21)28/h3-9,14,17H,10H2,1-2H3,(H,23,28). The number of anilines is 2. The van der Waals surface area contributed by atoms with Gasteiger partial charge in [0.05, 0.1) is 24.6 Å². The van der Waals surface area contributed by atoms with Gasteiger partial charge in [0.1, 0.15) is 17.1 Å². The van der Waals surface area contributed by atoms with Gasteiger partial charge in [-0.3, -0.25) is 19.3 Å². The van der Waals surface area contributed by atoms with Crippen molar-refractivity contribution in [2.24, 2.45) is 11.8 Å². The molecule has 7 nitrogen and oxygen atoms in total. The minimum atomic E-state index is -1.30. The van der Waals surface area contributed by atoms with Crippen LogP contribution in [0.1, 0.15) is 5.56 Å². The lowest BCUT2D eigenvalue weighted by atomic mass is 9.76. The molecule has 1 spiro atoms. The molecule has 1 N–H and O–H groups in total. The first kappa shape index (κ1) is 17.8. The van der Waals surface area contributed by atoms with Gasteiger partial charge in [-0.1, -0.05) is 0 Å². The van der Waals surface area contributed by atoms with E-state index in [-0.39, 0.29) is 18.4 Å². The minimum Gasteiger partial charge on any atom is -0.497 e. The minimum absolute atomic E-state index is 0.261. The number of amides is 3. The SMILES string of the molecule is COc1ccc2c(c1)C1(C(=O)N2)C2C(=O)N(c3ccc(F)cc3)C(=O)C2CN1C. The molecule has 5 rings (SSSR count). The van der Waals surface area contributed by atoms with Crippen LogP contribution in [0.4, 0.5) is 15.8 Å². The van der Waals surface area contributed by atoms with Crippen LogP contribution in [-0.4, -0.2) is 43.3 Å². The molecule has 3 unspecified atom stereocenters. The summed E-state index contributed by atoms with van der Waals surface area (Å²) in [5.41, 5.74) is 0.233. The molecule has 3 atom stereocenters. The summed E-state index contributed by atoms with van der Waals surface area (Å²) >= 11 is 0. The Morgan fingerprint density at radius 2 is 1.83 bits per heavy atom. The number of imide groups is 1. The zero-order chi connectivity index (χ0) is 20.5. The number of benzene rings is 2. The summed E-state index contributed by atoms with van der Waals surface area (Å²) < 4.78 is 18.6. The third-order valence-corrected chi connectivity index (χ3v) is 6.27. The molecule has 3 aliphatic heterocycles. The lowest BCUT2D eigenvalue weighted by molar-refractivity contribution is -0.134. The number of fused-ring (bicyclic) bond motifs is 4. The van der Waals surface area contributed by atoms with Crippen LogP contribution in [0.2, 0.25) is 0 Å². The van der Waals surface area contributed by atoms with E-state index in [4.69, 9.17) is 4.74 Å². The average Bonchev–Trinajstić information content (AvgIpc) is 3.26. The van der Waals surface area contributed by atoms with Gasteiger partial charge in [0.25, 0.3) is 0 Å². The summed E-state index contributed by atoms with van der Waals surface area (Å²) in [5.74, 6) is -2.61. The number of ether oxygens (including phenoxy) is 1. The van der Waals surface area contributed by atoms with Gasteiger partial charge in [-0.15, -0.1) is 0 Å². The van der Waals surface area contributed by atoms with Crippen molar-refractivity contribution in [3.05, 3.63) is 53.8 Å². The molecule has 3 heterocycles. The molecule has 3 amide bonds. The van der Waals surface area contributed by atoms with Gasteiger partial charge in [0, 0.05) is 17.8 Å². The van der Waals surface area contributed by atoms with Crippen LogP contribution in [0.5, 0.6) is 5.75 Å². The average molecular weight is 395 g/mol. The number of nitrogens with zero attached hydrogens (tertiary/aromatic N) is 2. The van der Waals surface area contributed by atoms with E-state index in [0.29, 0.717) is 22.7 Å². The highest BCUT2D eigenvalue weighted by atomic mass is 19.1. The lowest BCUT2D eigenvalue weighted by Gasteiger charge is -2.34. The molecule has 0 radical (unpaired) electrons. The maximum atomic E-state index is 13.5. The second-order valence-electron chi connectivity index (χ2n) is 7.59. The van der Waals surface area contributed by atoms with Crippen molar-refractivity contribution < 1.29 is 23.5 Å². The van der Waals surface area contributed by atoms with E-state index in [1.165, 1.54) is 31.4 Å². The second-order valence-corrected chi connectivity index (χ2v) is 7.59. The number of hydrogen-bond donors (Lipinski definition) is 1. The van der Waals surface area contributed by atoms with E-state index in [1.807, 2.05) is 0 Å². The predicted octanol–water partition coefficient (Wildman–Crippen LogP) is 1.73. The van der Waals surface area contributed by atoms with Crippen LogP contribution in [0.25, 0.3) is 0 Å². The second kappa shape index (κ2) is 5.87. The molecule has 8 heteroatoms. The summed E-state index contributed by atoms with van der Waals surface area (Å²) in [5, 5.41) is 2.85. The van der Waals surface area contributed by atoms with E-state index >= 15 is 0 Å². The fourth-order valence-electron chi connectivity index (χ4n) is 5.00. The Hall–Kier alpha value is -3.26. The molecule has 0 saturated carbocycles. The smallest absolute Gasteiger partial charge is 0.250 e. The Morgan fingerprint density at radius 1 is 1.10 bits per heavy atom. The number of hydrogen-bond acceptors (Lipinski definition) is 5. The van der Waals surface area contributed by atoms with Crippen LogP contribution < -0.4 is 15.0 Å². The zero-order valence-corrected chi connectivity index (χ0v) is 15.8. The Morgan fingerprint density at radius 3 is 2.52 bits per heavy atom. The van der Waals surface area contributed by atoms with Gasteiger partial charge in [-0.05, 0) is 49.5 Å². The quantitative estimate of drug-likeness (QED) is 0.784. The molecule has 0 aromatic heterocycles. The normalized spacial score (nSPS) is 28.1. The summed E-state index contributed by atoms with van der Waals surface area (Å²) in [7, 11) is 3.27. The monoisotopic (exact) mass is 395 g/mol. The molecule has 3 aliphatic rings. The summed E-state index contributed by atoms with van der Waals surface area (Å²) in [6.45, 7) is 0.261. The van der Waals surface area contributed by atoms with Crippen LogP contribution >= 0.6 is 0 Å². The molecule has 2 saturated heterocycles. The topological polar surface area (TPSA) is 79.0 Å². The molecule has 0 aliphatic carbocycles. The number of carbonyl (C=O) groups is 3. The van der Waals surface area contributed by atoms with E-state index in [9.17, 15) is 18.8 Å². The maximum Gasteiger partial charge on any atom is 0.250 e. The zero-order valence-electron chi connectivity index (χ0n) is 15.8. The highest BCUT2D eigenvalue weighted by Gasteiger charge is 2.70. The number of carbonyl (C=O) groups excluding carboxylic acids is 3. The van der Waals surface area contributed by atoms with Crippen molar-refractivity contribution in [1.82, 2.24) is 4.90 Å². The van der Waals surface area contributed by atoms with E-state index in [1.54, 1.807) is 30.1 Å². The van der Waals surface area contributed by atoms with Crippen LogP contribution in [0.15, 0.2) is 42.5 Å². The van der Waals surface area contributed by atoms with Crippen LogP contribution in [-0.2, 0) is 19.9 Å². The number of methoxy groups -OCH3 is 1. The Bertz CT molecular complexity index is 1070. The molecule has 148 valence electrons. The number of likely N-dealkylation sites (N-methyl/N-ethyl adjacent to an activating group) is 1. The van der Waals surface area contributed by atoms with Gasteiger partial charge < -0.3 is 10.1 Å². The van der Waals surface area contributed by atoms with Crippen molar-refractivity contribution in [2.45, 2.75) is 5.54 Å². The highest BCUT2D eigenvalue weighted by molar-refractivity contribution is 6.25. The Balaban J connectivity index is 1.66. The van der Waals surface area contributed by atoms with Crippen molar-refractivity contribution in [1.29, 1.82) is 0 Å². The molecular formula is C21H18FN3O4. The van der Waals surface area contributed by atoms with E-state index in [0.717, 1.165) is 4.90 Å². The fourth-order valence-corrected chi connectivity index (χ4v) is 5.00. The third kappa shape index (κ3) is 2.12. The van der Waals surface area contributed by atoms with E-state index < -0.39 is 29.1 Å². The first-order chi connectivity index (χ1) is 13.9. The molecule has 2 aromatic carbocycles. The maximum absolute atomic E-state index is 13.5. The van der Waals surface area contributed by atoms with Crippen LogP contribution in [0.3, 0.4) is 0 Å². The molecule has 0 bridgehead atoms. The first-order valence-electron chi connectivity index (χ1n) is 9.24. The number of halogens is 1. The number of rotatable bonds is 2. The van der Waals surface area contributed by atoms with Gasteiger partial charge in [-0.2, -0.15) is 0 Å². The first-order valence-corrected chi connectivity index (χ1v) is 9.24. The van der Waals surface area contributed by atoms with Crippen molar-refractivity contribution >= 4 is 29.1 Å². The number of likely N-dealkylation sites (tertiary alicyclic amines) is 1. The largest absolute Gasteiger partial charge is 0.497 e. The summed E-state index contributed by atoms with van der Waals surface area (Å²) in [4.78, 5) is 42.7. The predicted molar refractivity (Wildman–Crippen MR) is 102 cm³/mol. The molecule has 29 heavy (non-hydrogen) atoms. The Kier molecular flexibility index (Phi) is 3.61. The summed E-state index contributed by atoms with van der Waals surface area (Å²) in [6, 6.07) is 10.4. The van der Waals surface area contributed by atoms with Crippen molar-refractivity contribution in [3.63, 3.8) is 0 Å². The molecule has 2 fully saturated rings. The Labute approximate surface area is 166 Å². The van der Waals surface area contributed by atoms with Gasteiger partial charge in [0.15, 0.2) is 0 Å². The molecule has 2 aromatic rings. The van der Waals surface area contributed by atoms with Crippen molar-refractivity contribution in [2.75, 3.05) is 30.9 Å². The lowest BCUT2D eigenvalue weighted by Crippen LogP contribution is -2.52. The summed E-state index contributed by atoms with van der Waals surface area (Å²) in [6.07, 6.45) is 0. The van der Waals surface area contributed by atoms with Crippen molar-refractivity contribution in [3.8, 4) is 5.75 Å². The molecular weight excluding hydrogens is 377 g/mol. The third-order valence-electron chi connectivity index (χ3n) is 6.27.